The van der Waals surface area contributed by atoms with Gasteiger partial charge in [-0.3, -0.25) is 14.4 Å². The van der Waals surface area contributed by atoms with Crippen LogP contribution in [-0.2, 0) is 19.1 Å². The van der Waals surface area contributed by atoms with Gasteiger partial charge in [0.15, 0.2) is 17.2 Å². The van der Waals surface area contributed by atoms with Crippen molar-refractivity contribution in [2.24, 2.45) is 28.6 Å². The van der Waals surface area contributed by atoms with E-state index in [-0.39, 0.29) is 48.0 Å². The molecule has 0 bridgehead atoms. The summed E-state index contributed by atoms with van der Waals surface area (Å²) in [6.45, 7) is 7.60. The largest absolute Gasteiger partial charge is 0.450 e. The van der Waals surface area contributed by atoms with Crippen LogP contribution in [0.5, 0.6) is 0 Å². The van der Waals surface area contributed by atoms with Crippen LogP contribution in [0.25, 0.3) is 0 Å². The average Bonchev–Trinajstić information content (AvgIpc) is 2.96. The van der Waals surface area contributed by atoms with E-state index in [1.165, 1.54) is 6.08 Å². The van der Waals surface area contributed by atoms with Gasteiger partial charge in [0.05, 0.1) is 16.9 Å². The van der Waals surface area contributed by atoms with Gasteiger partial charge in [0.2, 0.25) is 0 Å². The standard InChI is InChI=1S/C25H32Cl2O5/c1-5-21(31)32-25(20(30)13-26)14(2)10-18-17-7-6-15-11-16(28)8-9-22(15,3)24(17,27)19(29)12-23(18,25)4/h8-9,11,14,17-19,29H,5-7,10,12-13H2,1-4H3/t14-,17-,18-,19-,22-,23-,24-,25-/m0/s1. The maximum atomic E-state index is 13.4. The first kappa shape index (κ1) is 24.0. The van der Waals surface area contributed by atoms with Crippen LogP contribution in [0.15, 0.2) is 23.8 Å². The topological polar surface area (TPSA) is 80.7 Å². The molecule has 0 aromatic rings. The fraction of sp³-hybridized carbons (Fsp3) is 0.720. The van der Waals surface area contributed by atoms with E-state index in [9.17, 15) is 19.5 Å². The molecular formula is C25H32Cl2O5. The molecule has 0 aromatic carbocycles. The van der Waals surface area contributed by atoms with Gasteiger partial charge in [-0.05, 0) is 49.7 Å². The summed E-state index contributed by atoms with van der Waals surface area (Å²) in [5.41, 5.74) is -1.90. The predicted molar refractivity (Wildman–Crippen MR) is 122 cm³/mol. The highest BCUT2D eigenvalue weighted by Gasteiger charge is 2.76. The van der Waals surface area contributed by atoms with E-state index in [1.54, 1.807) is 13.0 Å². The lowest BCUT2D eigenvalue weighted by molar-refractivity contribution is -0.200. The number of hydrogen-bond donors (Lipinski definition) is 1. The molecule has 32 heavy (non-hydrogen) atoms. The molecular weight excluding hydrogens is 451 g/mol. The second kappa shape index (κ2) is 7.68. The Morgan fingerprint density at radius 3 is 2.59 bits per heavy atom. The second-order valence-electron chi connectivity index (χ2n) is 10.5. The minimum Gasteiger partial charge on any atom is -0.450 e. The summed E-state index contributed by atoms with van der Waals surface area (Å²) in [7, 11) is 0. The van der Waals surface area contributed by atoms with Gasteiger partial charge < -0.3 is 9.84 Å². The number of ether oxygens (including phenoxy) is 1. The summed E-state index contributed by atoms with van der Waals surface area (Å²) in [6.07, 6.45) is 6.50. The Bertz CT molecular complexity index is 927. The van der Waals surface area contributed by atoms with Crippen LogP contribution in [0.4, 0.5) is 0 Å². The van der Waals surface area contributed by atoms with Gasteiger partial charge >= 0.3 is 5.97 Å². The quantitative estimate of drug-likeness (QED) is 0.475. The first-order chi connectivity index (χ1) is 14.9. The van der Waals surface area contributed by atoms with E-state index in [0.717, 1.165) is 5.57 Å². The Labute approximate surface area is 199 Å². The number of aliphatic hydroxyl groups is 1. The Kier molecular flexibility index (Phi) is 5.75. The van der Waals surface area contributed by atoms with Gasteiger partial charge in [-0.2, -0.15) is 0 Å². The minimum atomic E-state index is -1.39. The minimum absolute atomic E-state index is 0.0420. The van der Waals surface area contributed by atoms with Crippen molar-refractivity contribution in [3.8, 4) is 0 Å². The van der Waals surface area contributed by atoms with Crippen LogP contribution in [0.2, 0.25) is 0 Å². The van der Waals surface area contributed by atoms with Crippen molar-refractivity contribution >= 4 is 40.7 Å². The fourth-order valence-electron chi connectivity index (χ4n) is 7.75. The molecule has 0 radical (unpaired) electrons. The third-order valence-electron chi connectivity index (χ3n) is 9.28. The maximum absolute atomic E-state index is 13.4. The Hall–Kier alpha value is -1.17. The number of Topliss-reactive ketones (excluding diaryl/α,β-unsaturated/α-hetero) is 1. The number of halogens is 2. The van der Waals surface area contributed by atoms with Crippen molar-refractivity contribution in [3.05, 3.63) is 23.8 Å². The third-order valence-corrected chi connectivity index (χ3v) is 10.4. The summed E-state index contributed by atoms with van der Waals surface area (Å²) in [5, 5.41) is 11.6. The van der Waals surface area contributed by atoms with Crippen LogP contribution in [0.1, 0.15) is 59.8 Å². The van der Waals surface area contributed by atoms with Gasteiger partial charge in [0.25, 0.3) is 0 Å². The lowest BCUT2D eigenvalue weighted by Crippen LogP contribution is -2.69. The maximum Gasteiger partial charge on any atom is 0.306 e. The number of hydrogen-bond acceptors (Lipinski definition) is 5. The molecule has 8 atom stereocenters. The first-order valence-electron chi connectivity index (χ1n) is 11.5. The highest BCUT2D eigenvalue weighted by atomic mass is 35.5. The molecule has 0 unspecified atom stereocenters. The monoisotopic (exact) mass is 482 g/mol. The molecule has 0 amide bonds. The van der Waals surface area contributed by atoms with E-state index in [2.05, 4.69) is 0 Å². The Balaban J connectivity index is 1.85. The number of ketones is 2. The fourth-order valence-corrected chi connectivity index (χ4v) is 8.47. The molecule has 176 valence electrons. The molecule has 4 aliphatic carbocycles. The lowest BCUT2D eigenvalue weighted by atomic mass is 9.45. The highest BCUT2D eigenvalue weighted by molar-refractivity contribution is 6.29. The average molecular weight is 483 g/mol. The van der Waals surface area contributed by atoms with Crippen molar-refractivity contribution in [1.82, 2.24) is 0 Å². The van der Waals surface area contributed by atoms with Crippen molar-refractivity contribution in [2.75, 3.05) is 5.88 Å². The van der Waals surface area contributed by atoms with Gasteiger partial charge in [0, 0.05) is 23.2 Å². The number of esters is 1. The van der Waals surface area contributed by atoms with Crippen LogP contribution >= 0.6 is 23.2 Å². The molecule has 5 nitrogen and oxygen atoms in total. The lowest BCUT2D eigenvalue weighted by Gasteiger charge is -2.64. The smallest absolute Gasteiger partial charge is 0.306 e. The number of allylic oxidation sites excluding steroid dienone is 4. The predicted octanol–water partition coefficient (Wildman–Crippen LogP) is 4.37. The van der Waals surface area contributed by atoms with Crippen molar-refractivity contribution < 1.29 is 24.2 Å². The number of alkyl halides is 2. The molecule has 0 spiro atoms. The highest BCUT2D eigenvalue weighted by Crippen LogP contribution is 2.72. The third kappa shape index (κ3) is 2.77. The van der Waals surface area contributed by atoms with Crippen molar-refractivity contribution in [1.29, 1.82) is 0 Å². The molecule has 3 fully saturated rings. The van der Waals surface area contributed by atoms with Crippen LogP contribution in [0, 0.1) is 28.6 Å². The number of rotatable bonds is 4. The van der Waals surface area contributed by atoms with Gasteiger partial charge in [-0.25, -0.2) is 0 Å². The van der Waals surface area contributed by atoms with E-state index in [4.69, 9.17) is 27.9 Å². The van der Waals surface area contributed by atoms with Crippen molar-refractivity contribution in [3.63, 3.8) is 0 Å². The number of carbonyl (C=O) groups is 3. The van der Waals surface area contributed by atoms with Crippen LogP contribution in [0.3, 0.4) is 0 Å². The molecule has 0 aliphatic heterocycles. The number of carbonyl (C=O) groups excluding carboxylic acids is 3. The number of fused-ring (bicyclic) bond motifs is 5. The first-order valence-corrected chi connectivity index (χ1v) is 12.5. The summed E-state index contributed by atoms with van der Waals surface area (Å²) in [5.74, 6) is -1.48. The van der Waals surface area contributed by atoms with Crippen LogP contribution in [-0.4, -0.2) is 45.1 Å². The zero-order chi connectivity index (χ0) is 23.7. The van der Waals surface area contributed by atoms with E-state index >= 15 is 0 Å². The molecule has 0 saturated heterocycles. The summed E-state index contributed by atoms with van der Waals surface area (Å²) in [6, 6.07) is 0. The SMILES string of the molecule is CCC(=O)O[C@]1(C(=O)CCl)[C@@H](C)C[C@H]2[C@@H]3CCC4=CC(=O)C=C[C@]4(C)[C@@]3(Cl)[C@@H](O)C[C@@]21C. The Morgan fingerprint density at radius 2 is 1.97 bits per heavy atom. The summed E-state index contributed by atoms with van der Waals surface area (Å²) < 4.78 is 6.00. The molecule has 4 aliphatic rings. The Morgan fingerprint density at radius 1 is 1.28 bits per heavy atom. The van der Waals surface area contributed by atoms with E-state index in [0.29, 0.717) is 19.3 Å². The van der Waals surface area contributed by atoms with Crippen molar-refractivity contribution in [2.45, 2.75) is 76.4 Å². The van der Waals surface area contributed by atoms with Crippen LogP contribution < -0.4 is 0 Å². The van der Waals surface area contributed by atoms with Gasteiger partial charge in [0.1, 0.15) is 0 Å². The molecule has 3 saturated carbocycles. The molecule has 0 aromatic heterocycles. The molecule has 4 rings (SSSR count). The molecule has 1 N–H and O–H groups in total. The van der Waals surface area contributed by atoms with Gasteiger partial charge in [-0.15, -0.1) is 23.2 Å². The second-order valence-corrected chi connectivity index (χ2v) is 11.4. The number of aliphatic hydroxyl groups excluding tert-OH is 1. The van der Waals surface area contributed by atoms with Gasteiger partial charge in [-0.1, -0.05) is 39.3 Å². The normalized spacial score (nSPS) is 47.2. The van der Waals surface area contributed by atoms with E-state index < -0.39 is 33.4 Å². The zero-order valence-corrected chi connectivity index (χ0v) is 20.6. The summed E-state index contributed by atoms with van der Waals surface area (Å²) >= 11 is 13.5. The molecule has 0 heterocycles. The van der Waals surface area contributed by atoms with E-state index in [1.807, 2.05) is 26.8 Å². The molecule has 7 heteroatoms. The zero-order valence-electron chi connectivity index (χ0n) is 19.1. The summed E-state index contributed by atoms with van der Waals surface area (Å²) in [4.78, 5) is 36.9.